The number of aryl methyl sites for hydroxylation is 1. The van der Waals surface area contributed by atoms with Crippen molar-refractivity contribution in [1.29, 1.82) is 0 Å². The number of hydrogen-bond donors (Lipinski definition) is 1. The Labute approximate surface area is 118 Å². The van der Waals surface area contributed by atoms with E-state index in [0.29, 0.717) is 0 Å². The fraction of sp³-hybridized carbons (Fsp3) is 0.200. The Morgan fingerprint density at radius 1 is 1.11 bits per heavy atom. The molecule has 0 amide bonds. The molecule has 2 aromatic carbocycles. The standard InChI is InChI=1S/C15H15INO/c1-10-7-8-12-11-5-3-4-6-13(11)15(2,16-17)18-14(12)9-10/h3-9H,17H2,1-2H3/q+1. The molecule has 1 aliphatic rings. The molecule has 0 saturated heterocycles. The van der Waals surface area contributed by atoms with Gasteiger partial charge in [0.05, 0.1) is 5.56 Å². The number of rotatable bonds is 1. The fourth-order valence-corrected chi connectivity index (χ4v) is 3.56. The van der Waals surface area contributed by atoms with Gasteiger partial charge in [0.2, 0.25) is 0 Å². The first-order valence-corrected chi connectivity index (χ1v) is 8.21. The molecule has 0 aliphatic carbocycles. The van der Waals surface area contributed by atoms with Crippen LogP contribution in [-0.2, 0) is 3.61 Å². The second-order valence-electron chi connectivity index (χ2n) is 4.67. The van der Waals surface area contributed by atoms with Gasteiger partial charge in [-0.3, -0.25) is 0 Å². The van der Waals surface area contributed by atoms with E-state index in [0.717, 1.165) is 5.75 Å². The average molecular weight is 352 g/mol. The summed E-state index contributed by atoms with van der Waals surface area (Å²) in [5.74, 6) is 0.960. The maximum atomic E-state index is 6.20. The third kappa shape index (κ3) is 1.73. The molecule has 0 aromatic heterocycles. The molecular weight excluding hydrogens is 337 g/mol. The van der Waals surface area contributed by atoms with Crippen molar-refractivity contribution in [3.63, 3.8) is 0 Å². The molecule has 92 valence electrons. The molecule has 1 unspecified atom stereocenters. The predicted octanol–water partition coefficient (Wildman–Crippen LogP) is 0.190. The Morgan fingerprint density at radius 2 is 1.89 bits per heavy atom. The first-order valence-electron chi connectivity index (χ1n) is 5.88. The van der Waals surface area contributed by atoms with Crippen LogP contribution in [-0.4, -0.2) is 0 Å². The van der Waals surface area contributed by atoms with Crippen molar-refractivity contribution in [3.8, 4) is 16.9 Å². The molecule has 2 aromatic rings. The zero-order valence-corrected chi connectivity index (χ0v) is 12.6. The number of benzene rings is 2. The van der Waals surface area contributed by atoms with E-state index in [1.807, 2.05) is 0 Å². The van der Waals surface area contributed by atoms with E-state index < -0.39 is 21.5 Å². The van der Waals surface area contributed by atoms with Crippen molar-refractivity contribution < 1.29 is 26.2 Å². The van der Waals surface area contributed by atoms with Gasteiger partial charge < -0.3 is 4.74 Å². The summed E-state index contributed by atoms with van der Waals surface area (Å²) >= 11 is -0.545. The van der Waals surface area contributed by atoms with Gasteiger partial charge in [-0.2, -0.15) is 0 Å². The van der Waals surface area contributed by atoms with Gasteiger partial charge in [-0.25, -0.2) is 0 Å². The summed E-state index contributed by atoms with van der Waals surface area (Å²) in [5, 5.41) is 0. The Bertz CT molecular complexity index is 611. The van der Waals surface area contributed by atoms with Crippen LogP contribution < -0.4 is 30.2 Å². The molecule has 0 saturated carbocycles. The quantitative estimate of drug-likeness (QED) is 0.452. The van der Waals surface area contributed by atoms with E-state index in [9.17, 15) is 0 Å². The van der Waals surface area contributed by atoms with E-state index >= 15 is 0 Å². The summed E-state index contributed by atoms with van der Waals surface area (Å²) in [6.07, 6.45) is 0. The third-order valence-electron chi connectivity index (χ3n) is 3.35. The lowest BCUT2D eigenvalue weighted by Gasteiger charge is -2.28. The Hall–Kier alpha value is -1.07. The molecule has 1 atom stereocenters. The molecule has 0 radical (unpaired) electrons. The lowest BCUT2D eigenvalue weighted by Crippen LogP contribution is -3.73. The molecule has 0 spiro atoms. The van der Waals surface area contributed by atoms with Gasteiger partial charge in [0.25, 0.3) is 0 Å². The van der Waals surface area contributed by atoms with Gasteiger partial charge in [0.1, 0.15) is 5.75 Å². The Balaban J connectivity index is 2.29. The second kappa shape index (κ2) is 4.24. The summed E-state index contributed by atoms with van der Waals surface area (Å²) in [6.45, 7) is 4.18. The summed E-state index contributed by atoms with van der Waals surface area (Å²) in [6, 6.07) is 14.8. The van der Waals surface area contributed by atoms with Crippen molar-refractivity contribution in [2.75, 3.05) is 0 Å². The first kappa shape index (κ1) is 12.0. The number of fused-ring (bicyclic) bond motifs is 3. The van der Waals surface area contributed by atoms with Crippen molar-refractivity contribution in [2.45, 2.75) is 17.5 Å². The predicted molar refractivity (Wildman–Crippen MR) is 68.8 cm³/mol. The van der Waals surface area contributed by atoms with Crippen molar-refractivity contribution in [3.05, 3.63) is 53.6 Å². The minimum Gasteiger partial charge on any atom is -0.439 e. The fourth-order valence-electron chi connectivity index (χ4n) is 2.39. The topological polar surface area (TPSA) is 35.2 Å². The van der Waals surface area contributed by atoms with Gasteiger partial charge >= 0.3 is 25.1 Å². The number of alkyl halides is 1. The highest BCUT2D eigenvalue weighted by Gasteiger charge is 2.47. The van der Waals surface area contributed by atoms with Crippen LogP contribution in [0.2, 0.25) is 0 Å². The van der Waals surface area contributed by atoms with E-state index in [1.54, 1.807) is 0 Å². The normalized spacial score (nSPS) is 20.8. The van der Waals surface area contributed by atoms with Crippen LogP contribution in [0.1, 0.15) is 18.1 Å². The number of ether oxygens (including phenoxy) is 1. The Kier molecular flexibility index (Phi) is 2.83. The van der Waals surface area contributed by atoms with Crippen LogP contribution in [0.3, 0.4) is 0 Å². The number of halogens is 1. The minimum absolute atomic E-state index is 0.323. The lowest BCUT2D eigenvalue weighted by molar-refractivity contribution is -0.779. The molecular formula is C15H15INO+. The second-order valence-corrected chi connectivity index (χ2v) is 7.35. The van der Waals surface area contributed by atoms with Crippen LogP contribution >= 0.6 is 0 Å². The lowest BCUT2D eigenvalue weighted by atomic mass is 9.93. The summed E-state index contributed by atoms with van der Waals surface area (Å²) in [7, 11) is 0. The minimum atomic E-state index is -0.545. The van der Waals surface area contributed by atoms with Crippen LogP contribution in [0.15, 0.2) is 42.5 Å². The first-order chi connectivity index (χ1) is 8.64. The van der Waals surface area contributed by atoms with Crippen LogP contribution in [0, 0.1) is 6.92 Å². The Morgan fingerprint density at radius 3 is 2.67 bits per heavy atom. The molecule has 18 heavy (non-hydrogen) atoms. The highest BCUT2D eigenvalue weighted by Crippen LogP contribution is 2.41. The summed E-state index contributed by atoms with van der Waals surface area (Å²) in [5.41, 5.74) is 4.86. The van der Waals surface area contributed by atoms with Crippen molar-refractivity contribution in [1.82, 2.24) is 0 Å². The summed E-state index contributed by atoms with van der Waals surface area (Å²) in [4.78, 5) is 0. The van der Waals surface area contributed by atoms with Gasteiger partial charge in [0, 0.05) is 12.5 Å². The highest BCUT2D eigenvalue weighted by atomic mass is 127. The van der Waals surface area contributed by atoms with Crippen molar-refractivity contribution in [2.24, 2.45) is 3.95 Å². The molecule has 1 heterocycles. The maximum Gasteiger partial charge on any atom is 0.439 e. The zero-order chi connectivity index (χ0) is 12.8. The maximum absolute atomic E-state index is 6.20. The van der Waals surface area contributed by atoms with E-state index in [4.69, 9.17) is 8.68 Å². The SMILES string of the molecule is Cc1ccc2c(c1)OC(C)([I+]N)c1ccccc1-2. The highest BCUT2D eigenvalue weighted by molar-refractivity contribution is 5.76. The molecule has 0 fully saturated rings. The van der Waals surface area contributed by atoms with Crippen LogP contribution in [0.5, 0.6) is 5.75 Å². The molecule has 3 heteroatoms. The monoisotopic (exact) mass is 352 g/mol. The zero-order valence-electron chi connectivity index (χ0n) is 10.4. The molecule has 2 N–H and O–H groups in total. The van der Waals surface area contributed by atoms with Gasteiger partial charge in [-0.1, -0.05) is 30.3 Å². The number of hydrogen-bond acceptors (Lipinski definition) is 2. The number of nitrogens with two attached hydrogens (primary N) is 1. The summed E-state index contributed by atoms with van der Waals surface area (Å²) < 4.78 is 11.9. The smallest absolute Gasteiger partial charge is 0.439 e. The molecule has 2 nitrogen and oxygen atoms in total. The van der Waals surface area contributed by atoms with E-state index in [-0.39, 0.29) is 3.61 Å². The van der Waals surface area contributed by atoms with Gasteiger partial charge in [-0.05, 0) is 30.2 Å². The largest absolute Gasteiger partial charge is 0.439 e. The molecule has 3 rings (SSSR count). The average Bonchev–Trinajstić information content (AvgIpc) is 2.39. The van der Waals surface area contributed by atoms with E-state index in [1.165, 1.54) is 22.3 Å². The third-order valence-corrected chi connectivity index (χ3v) is 5.34. The molecule has 1 aliphatic heterocycles. The van der Waals surface area contributed by atoms with Gasteiger partial charge in [-0.15, -0.1) is 3.95 Å². The van der Waals surface area contributed by atoms with Gasteiger partial charge in [0.15, 0.2) is 0 Å². The molecule has 0 bridgehead atoms. The van der Waals surface area contributed by atoms with Crippen molar-refractivity contribution >= 4 is 0 Å². The van der Waals surface area contributed by atoms with Crippen LogP contribution in [0.4, 0.5) is 0 Å². The van der Waals surface area contributed by atoms with E-state index in [2.05, 4.69) is 56.3 Å². The van der Waals surface area contributed by atoms with Crippen LogP contribution in [0.25, 0.3) is 11.1 Å².